The number of aliphatic hydroxyl groups excluding tert-OH is 2. The molecule has 2 atom stereocenters. The van der Waals surface area contributed by atoms with Crippen LogP contribution < -0.4 is 0 Å². The molecule has 14 heavy (non-hydrogen) atoms. The first-order valence-corrected chi connectivity index (χ1v) is 2.28. The Bertz CT molecular complexity index is 143. The van der Waals surface area contributed by atoms with Crippen LogP contribution in [0.25, 0.3) is 0 Å². The van der Waals surface area contributed by atoms with Crippen LogP contribution >= 0.6 is 0 Å². The molecule has 0 rings (SSSR count). The number of rotatable bonds is 3. The van der Waals surface area contributed by atoms with Crippen LogP contribution in [0.1, 0.15) is 0 Å². The van der Waals surface area contributed by atoms with Crippen LogP contribution in [0.3, 0.4) is 0 Å². The molecule has 78 valence electrons. The van der Waals surface area contributed by atoms with Gasteiger partial charge in [0.15, 0.2) is 12.2 Å². The molecule has 0 aliphatic carbocycles. The molecular weight excluding hydrogens is 222 g/mol. The number of aliphatic hydroxyl groups is 2. The van der Waals surface area contributed by atoms with E-state index in [4.69, 9.17) is 20.4 Å². The molecule has 0 aromatic rings. The van der Waals surface area contributed by atoms with Gasteiger partial charge in [-0.3, -0.25) is 0 Å². The van der Waals surface area contributed by atoms with Gasteiger partial charge in [-0.15, -0.1) is 0 Å². The number of hydrogen-bond acceptors (Lipinski definition) is 4. The van der Waals surface area contributed by atoms with Crippen LogP contribution in [0.4, 0.5) is 0 Å². The molecular formula is C4H12Na2O8. The van der Waals surface area contributed by atoms with E-state index < -0.39 is 24.1 Å². The van der Waals surface area contributed by atoms with Crippen molar-refractivity contribution < 1.29 is 41.0 Å². The molecule has 0 fully saturated rings. The minimum atomic E-state index is -2.27. The average Bonchev–Trinajstić information content (AvgIpc) is 1.84. The normalized spacial score (nSPS) is 11.3. The van der Waals surface area contributed by atoms with E-state index in [1.54, 1.807) is 0 Å². The van der Waals surface area contributed by atoms with Gasteiger partial charge in [-0.05, 0) is 0 Å². The van der Waals surface area contributed by atoms with E-state index in [9.17, 15) is 9.59 Å². The monoisotopic (exact) mass is 234 g/mol. The van der Waals surface area contributed by atoms with Crippen molar-refractivity contribution >= 4 is 71.1 Å². The number of carbonyl (C=O) groups is 2. The second-order valence-corrected chi connectivity index (χ2v) is 1.57. The Hall–Kier alpha value is 0.780. The van der Waals surface area contributed by atoms with Gasteiger partial charge in [0.2, 0.25) is 0 Å². The topological polar surface area (TPSA) is 178 Å². The van der Waals surface area contributed by atoms with Crippen molar-refractivity contribution in [2.24, 2.45) is 0 Å². The molecule has 0 aliphatic rings. The maximum absolute atomic E-state index is 9.77. The van der Waals surface area contributed by atoms with Gasteiger partial charge >= 0.3 is 71.1 Å². The van der Waals surface area contributed by atoms with Crippen LogP contribution in [-0.2, 0) is 9.59 Å². The summed E-state index contributed by atoms with van der Waals surface area (Å²) in [5.41, 5.74) is 0. The number of carboxylic acids is 2. The van der Waals surface area contributed by atoms with Gasteiger partial charge in [-0.2, -0.15) is 0 Å². The molecule has 0 aromatic carbocycles. The predicted octanol–water partition coefficient (Wildman–Crippen LogP) is -5.07. The molecule has 0 amide bonds. The third kappa shape index (κ3) is 10.9. The van der Waals surface area contributed by atoms with Crippen molar-refractivity contribution in [3.05, 3.63) is 0 Å². The molecule has 2 unspecified atom stereocenters. The summed E-state index contributed by atoms with van der Waals surface area (Å²) in [5, 5.41) is 32.5. The summed E-state index contributed by atoms with van der Waals surface area (Å²) in [6.07, 6.45) is -4.53. The Morgan fingerprint density at radius 2 is 0.929 bits per heavy atom. The van der Waals surface area contributed by atoms with Gasteiger partial charge in [0.25, 0.3) is 0 Å². The number of carboxylic acid groups (broad SMARTS) is 2. The summed E-state index contributed by atoms with van der Waals surface area (Å²) in [6, 6.07) is 0. The second-order valence-electron chi connectivity index (χ2n) is 1.57. The Labute approximate surface area is 123 Å². The van der Waals surface area contributed by atoms with Gasteiger partial charge in [-0.25, -0.2) is 9.59 Å². The third-order valence-electron chi connectivity index (χ3n) is 0.805. The van der Waals surface area contributed by atoms with Crippen LogP contribution in [0.5, 0.6) is 0 Å². The zero-order valence-electron chi connectivity index (χ0n) is 5.76. The zero-order valence-corrected chi connectivity index (χ0v) is 5.76. The summed E-state index contributed by atoms with van der Waals surface area (Å²) < 4.78 is 0. The zero-order chi connectivity index (χ0) is 8.31. The summed E-state index contributed by atoms with van der Waals surface area (Å²) in [7, 11) is 0. The SMILES string of the molecule is O.O.O=C(O)C(O)C(O)C(=O)O.[NaH].[NaH]. The second kappa shape index (κ2) is 13.8. The summed E-state index contributed by atoms with van der Waals surface area (Å²) in [5.74, 6) is -3.54. The van der Waals surface area contributed by atoms with E-state index in [1.807, 2.05) is 0 Å². The molecule has 0 radical (unpaired) electrons. The first-order chi connectivity index (χ1) is 4.46. The van der Waals surface area contributed by atoms with Crippen molar-refractivity contribution in [3.63, 3.8) is 0 Å². The van der Waals surface area contributed by atoms with E-state index >= 15 is 0 Å². The average molecular weight is 234 g/mol. The number of aliphatic carboxylic acids is 2. The van der Waals surface area contributed by atoms with E-state index in [0.29, 0.717) is 0 Å². The number of hydrogen-bond donors (Lipinski definition) is 4. The molecule has 0 saturated carbocycles. The maximum atomic E-state index is 9.77. The molecule has 0 saturated heterocycles. The standard InChI is InChI=1S/C4H6O6.2Na.2H2O.2H/c5-1(3(7)8)2(6)4(9)10;;;;;;/h1-2,5-6H,(H,7,8)(H,9,10);;;2*1H2;;. The van der Waals surface area contributed by atoms with Gasteiger partial charge in [0.1, 0.15) is 0 Å². The summed E-state index contributed by atoms with van der Waals surface area (Å²) >= 11 is 0. The van der Waals surface area contributed by atoms with E-state index in [2.05, 4.69) is 0 Å². The van der Waals surface area contributed by atoms with Crippen LogP contribution in [0.15, 0.2) is 0 Å². The fraction of sp³-hybridized carbons (Fsp3) is 0.500. The van der Waals surface area contributed by atoms with Crippen LogP contribution in [-0.4, -0.2) is 115 Å². The molecule has 10 heteroatoms. The van der Waals surface area contributed by atoms with Crippen molar-refractivity contribution in [3.8, 4) is 0 Å². The minimum absolute atomic E-state index is 0. The Kier molecular flexibility index (Phi) is 28.9. The molecule has 0 aromatic heterocycles. The fourth-order valence-corrected chi connectivity index (χ4v) is 0.270. The van der Waals surface area contributed by atoms with E-state index in [-0.39, 0.29) is 70.1 Å². The van der Waals surface area contributed by atoms with Crippen molar-refractivity contribution in [2.75, 3.05) is 0 Å². The Balaban J connectivity index is -0.0000000675. The molecule has 0 bridgehead atoms. The summed E-state index contributed by atoms with van der Waals surface area (Å²) in [4.78, 5) is 19.5. The van der Waals surface area contributed by atoms with Crippen molar-refractivity contribution in [2.45, 2.75) is 12.2 Å². The van der Waals surface area contributed by atoms with Gasteiger partial charge < -0.3 is 31.4 Å². The quantitative estimate of drug-likeness (QED) is 0.354. The van der Waals surface area contributed by atoms with Crippen LogP contribution in [0, 0.1) is 0 Å². The van der Waals surface area contributed by atoms with Crippen molar-refractivity contribution in [1.82, 2.24) is 0 Å². The molecule has 0 aliphatic heterocycles. The van der Waals surface area contributed by atoms with Gasteiger partial charge in [0, 0.05) is 0 Å². The van der Waals surface area contributed by atoms with Crippen molar-refractivity contribution in [1.29, 1.82) is 0 Å². The predicted molar refractivity (Wildman–Crippen MR) is 48.8 cm³/mol. The molecule has 8 N–H and O–H groups in total. The first-order valence-electron chi connectivity index (χ1n) is 2.28. The van der Waals surface area contributed by atoms with Gasteiger partial charge in [0.05, 0.1) is 0 Å². The third-order valence-corrected chi connectivity index (χ3v) is 0.805. The fourth-order valence-electron chi connectivity index (χ4n) is 0.270. The van der Waals surface area contributed by atoms with E-state index in [0.717, 1.165) is 0 Å². The Morgan fingerprint density at radius 1 is 0.786 bits per heavy atom. The molecule has 0 spiro atoms. The van der Waals surface area contributed by atoms with Gasteiger partial charge in [-0.1, -0.05) is 0 Å². The summed E-state index contributed by atoms with van der Waals surface area (Å²) in [6.45, 7) is 0. The molecule has 8 nitrogen and oxygen atoms in total. The Morgan fingerprint density at radius 3 is 1.00 bits per heavy atom. The molecule has 0 heterocycles. The van der Waals surface area contributed by atoms with Crippen LogP contribution in [0.2, 0.25) is 0 Å². The van der Waals surface area contributed by atoms with E-state index in [1.165, 1.54) is 0 Å². The first kappa shape index (κ1) is 29.3.